The van der Waals surface area contributed by atoms with Crippen molar-refractivity contribution in [2.24, 2.45) is 4.99 Å². The summed E-state index contributed by atoms with van der Waals surface area (Å²) in [5.41, 5.74) is 3.64. The van der Waals surface area contributed by atoms with Gasteiger partial charge in [-0.3, -0.25) is 9.79 Å². The van der Waals surface area contributed by atoms with Gasteiger partial charge in [0, 0.05) is 37.6 Å². The average Bonchev–Trinajstić information content (AvgIpc) is 2.66. The van der Waals surface area contributed by atoms with Gasteiger partial charge >= 0.3 is 0 Å². The molecule has 0 spiro atoms. The lowest BCUT2D eigenvalue weighted by atomic mass is 10.0. The van der Waals surface area contributed by atoms with Crippen LogP contribution in [0.5, 0.6) is 0 Å². The number of ether oxygens (including phenoxy) is 1. The SMILES string of the molecule is CCCO/C(C)=C(/C=NC)Nc1ncc(-c2ccc(CC(C)=O)cc2)cn1. The maximum absolute atomic E-state index is 11.2. The lowest BCUT2D eigenvalue weighted by Gasteiger charge is -2.11. The first-order chi connectivity index (χ1) is 13.0. The summed E-state index contributed by atoms with van der Waals surface area (Å²) < 4.78 is 5.66. The van der Waals surface area contributed by atoms with Gasteiger partial charge in [-0.15, -0.1) is 0 Å². The Bertz CT molecular complexity index is 809. The zero-order valence-electron chi connectivity index (χ0n) is 16.3. The fourth-order valence-corrected chi connectivity index (χ4v) is 2.44. The molecule has 2 aromatic rings. The highest BCUT2D eigenvalue weighted by molar-refractivity contribution is 5.82. The maximum Gasteiger partial charge on any atom is 0.227 e. The molecule has 1 aromatic heterocycles. The minimum absolute atomic E-state index is 0.152. The number of carbonyl (C=O) groups excluding carboxylic acids is 1. The van der Waals surface area contributed by atoms with Crippen LogP contribution in [0.1, 0.15) is 32.8 Å². The predicted molar refractivity (Wildman–Crippen MR) is 109 cm³/mol. The molecule has 142 valence electrons. The third-order valence-corrected chi connectivity index (χ3v) is 3.80. The number of ketones is 1. The van der Waals surface area contributed by atoms with E-state index in [2.05, 4.69) is 27.2 Å². The first-order valence-electron chi connectivity index (χ1n) is 8.97. The summed E-state index contributed by atoms with van der Waals surface area (Å²) in [6, 6.07) is 7.86. The number of aromatic nitrogens is 2. The molecule has 6 nitrogen and oxygen atoms in total. The van der Waals surface area contributed by atoms with Gasteiger partial charge in [0.25, 0.3) is 0 Å². The molecular formula is C21H26N4O2. The van der Waals surface area contributed by atoms with Crippen molar-refractivity contribution in [3.8, 4) is 11.1 Å². The van der Waals surface area contributed by atoms with Crippen LogP contribution in [-0.4, -0.2) is 35.6 Å². The number of Topliss-reactive ketones (excluding diaryl/α,β-unsaturated/α-hetero) is 1. The molecule has 0 aliphatic heterocycles. The molecule has 6 heteroatoms. The highest BCUT2D eigenvalue weighted by Crippen LogP contribution is 2.19. The van der Waals surface area contributed by atoms with Gasteiger partial charge in [0.2, 0.25) is 5.95 Å². The van der Waals surface area contributed by atoms with Crippen molar-refractivity contribution in [1.29, 1.82) is 0 Å². The van der Waals surface area contributed by atoms with Crippen molar-refractivity contribution in [3.63, 3.8) is 0 Å². The van der Waals surface area contributed by atoms with E-state index in [1.54, 1.807) is 32.6 Å². The van der Waals surface area contributed by atoms with Crippen molar-refractivity contribution >= 4 is 17.9 Å². The number of nitrogens with one attached hydrogen (secondary N) is 1. The van der Waals surface area contributed by atoms with Crippen LogP contribution >= 0.6 is 0 Å². The van der Waals surface area contributed by atoms with E-state index in [-0.39, 0.29) is 5.78 Å². The Hall–Kier alpha value is -3.02. The molecule has 0 aliphatic carbocycles. The van der Waals surface area contributed by atoms with Gasteiger partial charge in [0.1, 0.15) is 11.5 Å². The number of allylic oxidation sites excluding steroid dienone is 2. The van der Waals surface area contributed by atoms with E-state index in [0.29, 0.717) is 19.0 Å². The summed E-state index contributed by atoms with van der Waals surface area (Å²) in [6.45, 7) is 6.18. The number of nitrogens with zero attached hydrogens (tertiary/aromatic N) is 3. The molecule has 0 saturated carbocycles. The van der Waals surface area contributed by atoms with Crippen molar-refractivity contribution < 1.29 is 9.53 Å². The van der Waals surface area contributed by atoms with E-state index in [0.717, 1.165) is 34.6 Å². The highest BCUT2D eigenvalue weighted by atomic mass is 16.5. The number of hydrogen-bond donors (Lipinski definition) is 1. The summed E-state index contributed by atoms with van der Waals surface area (Å²) in [7, 11) is 1.70. The Morgan fingerprint density at radius 3 is 2.37 bits per heavy atom. The van der Waals surface area contributed by atoms with Gasteiger partial charge in [-0.25, -0.2) is 9.97 Å². The van der Waals surface area contributed by atoms with Crippen LogP contribution in [0.2, 0.25) is 0 Å². The van der Waals surface area contributed by atoms with Gasteiger partial charge in [-0.2, -0.15) is 0 Å². The Morgan fingerprint density at radius 2 is 1.81 bits per heavy atom. The van der Waals surface area contributed by atoms with Crippen LogP contribution in [0.3, 0.4) is 0 Å². The van der Waals surface area contributed by atoms with Crippen molar-refractivity contribution in [2.45, 2.75) is 33.6 Å². The molecule has 0 aliphatic rings. The third-order valence-electron chi connectivity index (χ3n) is 3.80. The third kappa shape index (κ3) is 6.33. The minimum Gasteiger partial charge on any atom is -0.496 e. The average molecular weight is 366 g/mol. The number of rotatable bonds is 9. The van der Waals surface area contributed by atoms with Gasteiger partial charge in [0.15, 0.2) is 0 Å². The predicted octanol–water partition coefficient (Wildman–Crippen LogP) is 4.05. The molecule has 0 amide bonds. The smallest absolute Gasteiger partial charge is 0.227 e. The Kier molecular flexibility index (Phi) is 7.67. The topological polar surface area (TPSA) is 76.5 Å². The maximum atomic E-state index is 11.2. The molecule has 0 bridgehead atoms. The molecule has 0 unspecified atom stereocenters. The number of hydrogen-bond acceptors (Lipinski definition) is 6. The zero-order valence-corrected chi connectivity index (χ0v) is 16.3. The molecule has 0 fully saturated rings. The van der Waals surface area contributed by atoms with Crippen LogP contribution in [0.25, 0.3) is 11.1 Å². The van der Waals surface area contributed by atoms with Crippen molar-refractivity contribution in [2.75, 3.05) is 19.0 Å². The summed E-state index contributed by atoms with van der Waals surface area (Å²) in [6.07, 6.45) is 6.60. The molecule has 1 aromatic carbocycles. The quantitative estimate of drug-likeness (QED) is 0.535. The zero-order chi connectivity index (χ0) is 19.6. The molecule has 0 atom stereocenters. The Labute approximate surface area is 160 Å². The van der Waals surface area contributed by atoms with E-state index in [4.69, 9.17) is 4.74 Å². The van der Waals surface area contributed by atoms with Gasteiger partial charge in [-0.05, 0) is 31.4 Å². The van der Waals surface area contributed by atoms with Gasteiger partial charge < -0.3 is 10.1 Å². The molecule has 0 radical (unpaired) electrons. The minimum atomic E-state index is 0.152. The molecule has 1 N–H and O–H groups in total. The first-order valence-corrected chi connectivity index (χ1v) is 8.97. The number of anilines is 1. The van der Waals surface area contributed by atoms with E-state index >= 15 is 0 Å². The van der Waals surface area contributed by atoms with Crippen LogP contribution in [0, 0.1) is 0 Å². The highest BCUT2D eigenvalue weighted by Gasteiger charge is 2.06. The molecule has 27 heavy (non-hydrogen) atoms. The first kappa shape index (κ1) is 20.3. The van der Waals surface area contributed by atoms with Crippen LogP contribution < -0.4 is 5.32 Å². The van der Waals surface area contributed by atoms with E-state index in [1.807, 2.05) is 31.2 Å². The summed E-state index contributed by atoms with van der Waals surface area (Å²) >= 11 is 0. The number of benzene rings is 1. The second-order valence-electron chi connectivity index (χ2n) is 6.20. The second kappa shape index (κ2) is 10.2. The Morgan fingerprint density at radius 1 is 1.15 bits per heavy atom. The van der Waals surface area contributed by atoms with Crippen LogP contribution in [0.4, 0.5) is 5.95 Å². The molecule has 1 heterocycles. The van der Waals surface area contributed by atoms with Crippen molar-refractivity contribution in [1.82, 2.24) is 9.97 Å². The van der Waals surface area contributed by atoms with Gasteiger partial charge in [-0.1, -0.05) is 31.2 Å². The lowest BCUT2D eigenvalue weighted by Crippen LogP contribution is -2.09. The summed E-state index contributed by atoms with van der Waals surface area (Å²) in [4.78, 5) is 24.0. The Balaban J connectivity index is 2.12. The van der Waals surface area contributed by atoms with Gasteiger partial charge in [0.05, 0.1) is 12.3 Å². The van der Waals surface area contributed by atoms with Crippen LogP contribution in [-0.2, 0) is 16.0 Å². The largest absolute Gasteiger partial charge is 0.496 e. The summed E-state index contributed by atoms with van der Waals surface area (Å²) in [5.74, 6) is 1.37. The normalized spacial score (nSPS) is 12.0. The molecular weight excluding hydrogens is 340 g/mol. The van der Waals surface area contributed by atoms with E-state index in [9.17, 15) is 4.79 Å². The fraction of sp³-hybridized carbons (Fsp3) is 0.333. The lowest BCUT2D eigenvalue weighted by molar-refractivity contribution is -0.116. The van der Waals surface area contributed by atoms with E-state index in [1.165, 1.54) is 0 Å². The van der Waals surface area contributed by atoms with Crippen molar-refractivity contribution in [3.05, 3.63) is 53.7 Å². The number of aliphatic imine (C=N–C) groups is 1. The van der Waals surface area contributed by atoms with Crippen LogP contribution in [0.15, 0.2) is 53.1 Å². The molecule has 2 rings (SSSR count). The number of carbonyl (C=O) groups is 1. The second-order valence-corrected chi connectivity index (χ2v) is 6.20. The van der Waals surface area contributed by atoms with E-state index < -0.39 is 0 Å². The fourth-order valence-electron chi connectivity index (χ4n) is 2.44. The summed E-state index contributed by atoms with van der Waals surface area (Å²) in [5, 5.41) is 3.14. The standard InChI is InChI=1S/C21H26N4O2/c1-5-10-27-16(3)20(14-22-4)25-21-23-12-19(13-24-21)18-8-6-17(7-9-18)11-15(2)26/h6-9,12-14H,5,10-11H2,1-4H3,(H,23,24,25)/b20-16-,22-14?. The molecule has 0 saturated heterocycles. The monoisotopic (exact) mass is 366 g/mol.